The lowest BCUT2D eigenvalue weighted by Gasteiger charge is -2.29. The lowest BCUT2D eigenvalue weighted by molar-refractivity contribution is 0.170. The molecule has 4 unspecified atom stereocenters. The maximum atomic E-state index is 13.8. The molecular formula is C15H14F5OPS2. The Bertz CT molecular complexity index is 657. The molecule has 0 spiro atoms. The quantitative estimate of drug-likeness (QED) is 0.187. The summed E-state index contributed by atoms with van der Waals surface area (Å²) in [7, 11) is 0. The SMILES string of the molecule is C=C(C)C1CCC2SP(Sc3c(F)c(F)c(F)c(F)c3F)OC2C1. The number of benzene rings is 1. The van der Waals surface area contributed by atoms with Crippen LogP contribution >= 0.6 is 29.3 Å². The van der Waals surface area contributed by atoms with Gasteiger partial charge in [-0.15, -0.1) is 0 Å². The Morgan fingerprint density at radius 2 is 1.67 bits per heavy atom. The second kappa shape index (κ2) is 7.14. The summed E-state index contributed by atoms with van der Waals surface area (Å²) in [6.07, 6.45) is 2.58. The molecule has 2 aliphatic rings. The summed E-state index contributed by atoms with van der Waals surface area (Å²) in [6, 6.07) is 0. The van der Waals surface area contributed by atoms with E-state index in [1.54, 1.807) is 0 Å². The Labute approximate surface area is 145 Å². The molecule has 1 heterocycles. The predicted octanol–water partition coefficient (Wildman–Crippen LogP) is 6.58. The van der Waals surface area contributed by atoms with E-state index in [1.165, 1.54) is 11.4 Å². The third-order valence-electron chi connectivity index (χ3n) is 4.21. The fourth-order valence-electron chi connectivity index (χ4n) is 2.81. The number of halogens is 5. The first-order chi connectivity index (χ1) is 11.3. The van der Waals surface area contributed by atoms with Gasteiger partial charge in [-0.3, -0.25) is 0 Å². The summed E-state index contributed by atoms with van der Waals surface area (Å²) in [5, 5.41) is 0.195. The highest BCUT2D eigenvalue weighted by Gasteiger charge is 2.42. The van der Waals surface area contributed by atoms with Crippen LogP contribution in [0.2, 0.25) is 0 Å². The van der Waals surface area contributed by atoms with E-state index in [9.17, 15) is 22.0 Å². The minimum atomic E-state index is -2.14. The molecule has 1 nitrogen and oxygen atoms in total. The van der Waals surface area contributed by atoms with Crippen LogP contribution < -0.4 is 0 Å². The number of rotatable bonds is 3. The van der Waals surface area contributed by atoms with Crippen molar-refractivity contribution in [3.8, 4) is 0 Å². The van der Waals surface area contributed by atoms with Gasteiger partial charge in [0.05, 0.1) is 11.0 Å². The molecule has 4 atom stereocenters. The molecule has 24 heavy (non-hydrogen) atoms. The van der Waals surface area contributed by atoms with Crippen LogP contribution in [0.3, 0.4) is 0 Å². The third kappa shape index (κ3) is 3.35. The van der Waals surface area contributed by atoms with Gasteiger partial charge in [0.2, 0.25) is 5.82 Å². The summed E-state index contributed by atoms with van der Waals surface area (Å²) in [6.45, 7) is 4.50. The Kier molecular flexibility index (Phi) is 5.50. The molecule has 0 amide bonds. The summed E-state index contributed by atoms with van der Waals surface area (Å²) < 4.78 is 73.1. The smallest absolute Gasteiger partial charge is 0.200 e. The van der Waals surface area contributed by atoms with E-state index in [4.69, 9.17) is 4.52 Å². The fourth-order valence-corrected chi connectivity index (χ4v) is 10.2. The molecule has 1 saturated heterocycles. The van der Waals surface area contributed by atoms with Crippen LogP contribution in [0, 0.1) is 35.0 Å². The van der Waals surface area contributed by atoms with E-state index in [0.717, 1.165) is 24.8 Å². The van der Waals surface area contributed by atoms with Crippen molar-refractivity contribution in [2.45, 2.75) is 42.4 Å². The molecule has 0 aromatic heterocycles. The van der Waals surface area contributed by atoms with Crippen LogP contribution in [0.15, 0.2) is 17.0 Å². The summed E-state index contributed by atoms with van der Waals surface area (Å²) in [5.74, 6) is -9.22. The van der Waals surface area contributed by atoms with Gasteiger partial charge in [0.25, 0.3) is 0 Å². The lowest BCUT2D eigenvalue weighted by Crippen LogP contribution is -2.29. The van der Waals surface area contributed by atoms with Crippen molar-refractivity contribution in [1.82, 2.24) is 0 Å². The highest BCUT2D eigenvalue weighted by atomic mass is 33.1. The van der Waals surface area contributed by atoms with Crippen molar-refractivity contribution in [3.05, 3.63) is 41.2 Å². The summed E-state index contributed by atoms with van der Waals surface area (Å²) in [4.78, 5) is -0.861. The summed E-state index contributed by atoms with van der Waals surface area (Å²) >= 11 is 2.04. The molecule has 1 aliphatic carbocycles. The van der Waals surface area contributed by atoms with Gasteiger partial charge in [0.1, 0.15) is 0 Å². The van der Waals surface area contributed by atoms with Crippen molar-refractivity contribution in [2.24, 2.45) is 5.92 Å². The van der Waals surface area contributed by atoms with Gasteiger partial charge in [-0.25, -0.2) is 22.0 Å². The predicted molar refractivity (Wildman–Crippen MR) is 87.4 cm³/mol. The van der Waals surface area contributed by atoms with Crippen LogP contribution in [0.4, 0.5) is 22.0 Å². The average Bonchev–Trinajstić information content (AvgIpc) is 2.96. The van der Waals surface area contributed by atoms with Crippen molar-refractivity contribution >= 4 is 29.3 Å². The summed E-state index contributed by atoms with van der Waals surface area (Å²) in [5.41, 5.74) is 1.07. The number of fused-ring (bicyclic) bond motifs is 1. The Hall–Kier alpha value is -0.300. The van der Waals surface area contributed by atoms with Gasteiger partial charge in [0, 0.05) is 5.25 Å². The third-order valence-corrected chi connectivity index (χ3v) is 10.6. The minimum Gasteiger partial charge on any atom is -0.334 e. The second-order valence-corrected chi connectivity index (χ2v) is 11.8. The van der Waals surface area contributed by atoms with E-state index >= 15 is 0 Å². The average molecular weight is 400 g/mol. The highest BCUT2D eigenvalue weighted by molar-refractivity contribution is 8.87. The van der Waals surface area contributed by atoms with Crippen LogP contribution in [-0.4, -0.2) is 11.4 Å². The van der Waals surface area contributed by atoms with Gasteiger partial charge >= 0.3 is 0 Å². The van der Waals surface area contributed by atoms with E-state index in [0.29, 0.717) is 17.3 Å². The van der Waals surface area contributed by atoms with E-state index in [2.05, 4.69) is 6.58 Å². The van der Waals surface area contributed by atoms with E-state index < -0.39 is 40.5 Å². The molecule has 1 aliphatic heterocycles. The zero-order chi connectivity index (χ0) is 17.6. The van der Waals surface area contributed by atoms with Gasteiger partial charge in [-0.2, -0.15) is 0 Å². The van der Waals surface area contributed by atoms with Gasteiger partial charge in [-0.05, 0) is 32.1 Å². The maximum Gasteiger partial charge on any atom is 0.200 e. The van der Waals surface area contributed by atoms with Crippen molar-refractivity contribution in [2.75, 3.05) is 0 Å². The highest BCUT2D eigenvalue weighted by Crippen LogP contribution is 2.73. The first-order valence-electron chi connectivity index (χ1n) is 7.28. The van der Waals surface area contributed by atoms with Gasteiger partial charge in [-0.1, -0.05) is 34.9 Å². The molecule has 2 fully saturated rings. The molecule has 0 radical (unpaired) electrons. The van der Waals surface area contributed by atoms with Crippen LogP contribution in [0.1, 0.15) is 26.2 Å². The maximum absolute atomic E-state index is 13.8. The molecule has 9 heteroatoms. The number of allylic oxidation sites excluding steroid dienone is 1. The Morgan fingerprint density at radius 1 is 1.08 bits per heavy atom. The molecule has 1 saturated carbocycles. The standard InChI is InChI=1S/C15H14F5OPS2/c1-6(2)7-3-4-9-8(5-7)21-22(23-9)24-15-13(19)11(17)10(16)12(18)14(15)20/h7-9H,1,3-5H2,2H3. The molecular weight excluding hydrogens is 386 g/mol. The number of hydrogen-bond acceptors (Lipinski definition) is 3. The first-order valence-corrected chi connectivity index (χ1v) is 11.4. The normalized spacial score (nSPS) is 29.6. The zero-order valence-electron chi connectivity index (χ0n) is 12.6. The van der Waals surface area contributed by atoms with Gasteiger partial charge < -0.3 is 4.52 Å². The van der Waals surface area contributed by atoms with Crippen molar-refractivity contribution in [1.29, 1.82) is 0 Å². The Balaban J connectivity index is 1.76. The number of hydrogen-bond donors (Lipinski definition) is 0. The molecule has 1 aromatic rings. The van der Waals surface area contributed by atoms with Crippen LogP contribution in [0.5, 0.6) is 0 Å². The largest absolute Gasteiger partial charge is 0.334 e. The van der Waals surface area contributed by atoms with E-state index in [-0.39, 0.29) is 11.4 Å². The molecule has 0 N–H and O–H groups in total. The first kappa shape index (κ1) is 18.5. The molecule has 0 bridgehead atoms. The zero-order valence-corrected chi connectivity index (χ0v) is 15.1. The Morgan fingerprint density at radius 3 is 2.25 bits per heavy atom. The molecule has 132 valence electrons. The molecule has 1 aromatic carbocycles. The molecule has 3 rings (SSSR count). The monoisotopic (exact) mass is 400 g/mol. The second-order valence-electron chi connectivity index (χ2n) is 5.86. The van der Waals surface area contributed by atoms with Crippen molar-refractivity contribution < 1.29 is 26.5 Å². The lowest BCUT2D eigenvalue weighted by atomic mass is 9.83. The minimum absolute atomic E-state index is 0.0645. The van der Waals surface area contributed by atoms with Gasteiger partial charge in [0.15, 0.2) is 29.8 Å². The van der Waals surface area contributed by atoms with Crippen molar-refractivity contribution in [3.63, 3.8) is 0 Å². The van der Waals surface area contributed by atoms with Crippen LogP contribution in [-0.2, 0) is 4.52 Å². The fraction of sp³-hybridized carbons (Fsp3) is 0.467. The van der Waals surface area contributed by atoms with E-state index in [1.807, 2.05) is 6.92 Å². The topological polar surface area (TPSA) is 9.23 Å². The van der Waals surface area contributed by atoms with Crippen LogP contribution in [0.25, 0.3) is 0 Å².